The molecule has 1 aromatic carbocycles. The van der Waals surface area contributed by atoms with Crippen LogP contribution in [0.2, 0.25) is 0 Å². The fraction of sp³-hybridized carbons (Fsp3) is 0.429. The van der Waals surface area contributed by atoms with E-state index in [0.717, 1.165) is 11.3 Å². The zero-order valence-electron chi connectivity index (χ0n) is 12.0. The number of hydroxylamine groups is 1. The normalized spacial score (nSPS) is 11.8. The maximum atomic E-state index is 11.7. The van der Waals surface area contributed by atoms with E-state index in [0.29, 0.717) is 6.42 Å². The Labute approximate surface area is 118 Å². The number of benzene rings is 1. The Kier molecular flexibility index (Phi) is 6.69. The van der Waals surface area contributed by atoms with Gasteiger partial charge in [-0.05, 0) is 31.7 Å². The number of hydrogen-bond donors (Lipinski definition) is 3. The fourth-order valence-electron chi connectivity index (χ4n) is 1.34. The molecule has 6 heteroatoms. The minimum atomic E-state index is -0.248. The van der Waals surface area contributed by atoms with Crippen LogP contribution >= 0.6 is 0 Å². The summed E-state index contributed by atoms with van der Waals surface area (Å²) in [6.07, 6.45) is 0.384. The molecule has 0 saturated carbocycles. The van der Waals surface area contributed by atoms with Gasteiger partial charge in [0, 0.05) is 12.1 Å². The summed E-state index contributed by atoms with van der Waals surface area (Å²) < 4.78 is 0. The van der Waals surface area contributed by atoms with Crippen LogP contribution in [0.3, 0.4) is 0 Å². The van der Waals surface area contributed by atoms with E-state index in [-0.39, 0.29) is 24.5 Å². The predicted molar refractivity (Wildman–Crippen MR) is 76.8 cm³/mol. The molecule has 0 aliphatic heterocycles. The Morgan fingerprint density at radius 2 is 1.90 bits per heavy atom. The van der Waals surface area contributed by atoms with Crippen LogP contribution in [0.25, 0.3) is 0 Å². The first-order valence-electron chi connectivity index (χ1n) is 6.54. The van der Waals surface area contributed by atoms with Gasteiger partial charge in [0.15, 0.2) is 0 Å². The van der Waals surface area contributed by atoms with Gasteiger partial charge in [0.1, 0.15) is 0 Å². The number of carbonyl (C=O) groups is 2. The van der Waals surface area contributed by atoms with E-state index >= 15 is 0 Å². The van der Waals surface area contributed by atoms with Crippen molar-refractivity contribution >= 4 is 17.5 Å². The van der Waals surface area contributed by atoms with Crippen LogP contribution in [0.5, 0.6) is 0 Å². The number of carbonyl (C=O) groups excluding carboxylic acids is 2. The smallest absolute Gasteiger partial charge is 0.243 e. The third-order valence-corrected chi connectivity index (χ3v) is 2.79. The Balaban J connectivity index is 2.44. The van der Waals surface area contributed by atoms with Crippen molar-refractivity contribution in [2.24, 2.45) is 0 Å². The van der Waals surface area contributed by atoms with E-state index in [1.807, 2.05) is 12.1 Å². The van der Waals surface area contributed by atoms with Crippen LogP contribution in [0.1, 0.15) is 25.8 Å². The van der Waals surface area contributed by atoms with Crippen molar-refractivity contribution in [1.29, 1.82) is 0 Å². The molecule has 0 aliphatic carbocycles. The Bertz CT molecular complexity index is 445. The topological polar surface area (TPSA) is 79.5 Å². The highest BCUT2D eigenvalue weighted by atomic mass is 16.6. The summed E-state index contributed by atoms with van der Waals surface area (Å²) in [7, 11) is 1.73. The quantitative estimate of drug-likeness (QED) is 0.655. The van der Waals surface area contributed by atoms with Gasteiger partial charge in [-0.3, -0.25) is 14.4 Å². The van der Waals surface area contributed by atoms with Gasteiger partial charge >= 0.3 is 0 Å². The summed E-state index contributed by atoms with van der Waals surface area (Å²) in [5.74, 6) is -0.248. The van der Waals surface area contributed by atoms with E-state index < -0.39 is 0 Å². The molecule has 0 aromatic heterocycles. The third-order valence-electron chi connectivity index (χ3n) is 2.79. The molecule has 1 atom stereocenters. The lowest BCUT2D eigenvalue weighted by Crippen LogP contribution is -2.35. The standard InChI is InChI=1S/C14H21N3O3/c1-4-13(18)17-20-9-11-5-7-12(8-6-11)16-14(19)10(2)15-3/h5-8,10,15H,4,9H2,1-3H3,(H,16,19)(H,17,18). The maximum Gasteiger partial charge on any atom is 0.243 e. The van der Waals surface area contributed by atoms with E-state index in [1.54, 1.807) is 33.0 Å². The average Bonchev–Trinajstić information content (AvgIpc) is 2.47. The molecule has 0 spiro atoms. The lowest BCUT2D eigenvalue weighted by Gasteiger charge is -2.11. The largest absolute Gasteiger partial charge is 0.325 e. The van der Waals surface area contributed by atoms with Gasteiger partial charge in [0.2, 0.25) is 11.8 Å². The van der Waals surface area contributed by atoms with Crippen LogP contribution < -0.4 is 16.1 Å². The third kappa shape index (κ3) is 5.38. The molecule has 2 amide bonds. The predicted octanol–water partition coefficient (Wildman–Crippen LogP) is 1.19. The second-order valence-corrected chi connectivity index (χ2v) is 4.36. The van der Waals surface area contributed by atoms with Crippen LogP contribution in [0.4, 0.5) is 5.69 Å². The Morgan fingerprint density at radius 1 is 1.25 bits per heavy atom. The minimum Gasteiger partial charge on any atom is -0.325 e. The summed E-state index contributed by atoms with van der Waals surface area (Å²) in [5.41, 5.74) is 3.96. The van der Waals surface area contributed by atoms with E-state index in [2.05, 4.69) is 16.1 Å². The number of hydrogen-bond acceptors (Lipinski definition) is 4. The zero-order valence-corrected chi connectivity index (χ0v) is 12.0. The molecular weight excluding hydrogens is 258 g/mol. The maximum absolute atomic E-state index is 11.7. The number of amides is 2. The number of nitrogens with one attached hydrogen (secondary N) is 3. The van der Waals surface area contributed by atoms with Gasteiger partial charge in [-0.2, -0.15) is 0 Å². The zero-order chi connectivity index (χ0) is 15.0. The molecule has 0 bridgehead atoms. The van der Waals surface area contributed by atoms with Crippen molar-refractivity contribution in [3.05, 3.63) is 29.8 Å². The first kappa shape index (κ1) is 16.1. The molecule has 20 heavy (non-hydrogen) atoms. The van der Waals surface area contributed by atoms with E-state index in [1.165, 1.54) is 0 Å². The summed E-state index contributed by atoms with van der Waals surface area (Å²) >= 11 is 0. The summed E-state index contributed by atoms with van der Waals surface area (Å²) in [6, 6.07) is 7.00. The number of rotatable bonds is 7. The summed E-state index contributed by atoms with van der Waals surface area (Å²) in [6.45, 7) is 3.82. The second-order valence-electron chi connectivity index (χ2n) is 4.36. The van der Waals surface area contributed by atoms with Gasteiger partial charge in [0.25, 0.3) is 0 Å². The lowest BCUT2D eigenvalue weighted by atomic mass is 10.2. The minimum absolute atomic E-state index is 0.0910. The first-order valence-corrected chi connectivity index (χ1v) is 6.54. The monoisotopic (exact) mass is 279 g/mol. The van der Waals surface area contributed by atoms with Crippen LogP contribution in [0.15, 0.2) is 24.3 Å². The van der Waals surface area contributed by atoms with Gasteiger partial charge in [-0.25, -0.2) is 5.48 Å². The number of likely N-dealkylation sites (N-methyl/N-ethyl adjacent to an activating group) is 1. The molecule has 0 radical (unpaired) electrons. The molecule has 110 valence electrons. The molecule has 6 nitrogen and oxygen atoms in total. The van der Waals surface area contributed by atoms with Gasteiger partial charge in [0.05, 0.1) is 12.6 Å². The Hall–Kier alpha value is -1.92. The molecule has 0 fully saturated rings. The van der Waals surface area contributed by atoms with Gasteiger partial charge in [-0.1, -0.05) is 19.1 Å². The molecule has 0 saturated heterocycles. The van der Waals surface area contributed by atoms with Crippen molar-refractivity contribution in [1.82, 2.24) is 10.8 Å². The van der Waals surface area contributed by atoms with Crippen molar-refractivity contribution < 1.29 is 14.4 Å². The molecular formula is C14H21N3O3. The molecule has 1 unspecified atom stereocenters. The highest BCUT2D eigenvalue weighted by Gasteiger charge is 2.09. The number of anilines is 1. The Morgan fingerprint density at radius 3 is 2.45 bits per heavy atom. The van der Waals surface area contributed by atoms with Crippen LogP contribution in [-0.4, -0.2) is 24.9 Å². The second kappa shape index (κ2) is 8.29. The SMILES string of the molecule is CCC(=O)NOCc1ccc(NC(=O)C(C)NC)cc1. The van der Waals surface area contributed by atoms with Crippen LogP contribution in [0, 0.1) is 0 Å². The fourth-order valence-corrected chi connectivity index (χ4v) is 1.34. The van der Waals surface area contributed by atoms with Crippen molar-refractivity contribution in [3.63, 3.8) is 0 Å². The van der Waals surface area contributed by atoms with Crippen molar-refractivity contribution in [2.75, 3.05) is 12.4 Å². The molecule has 1 rings (SSSR count). The molecule has 0 aliphatic rings. The van der Waals surface area contributed by atoms with E-state index in [9.17, 15) is 9.59 Å². The van der Waals surface area contributed by atoms with Crippen molar-refractivity contribution in [2.45, 2.75) is 32.9 Å². The lowest BCUT2D eigenvalue weighted by molar-refractivity contribution is -0.134. The summed E-state index contributed by atoms with van der Waals surface area (Å²) in [5, 5.41) is 5.66. The molecule has 0 heterocycles. The summed E-state index contributed by atoms with van der Waals surface area (Å²) in [4.78, 5) is 27.7. The van der Waals surface area contributed by atoms with Gasteiger partial charge < -0.3 is 10.6 Å². The first-order chi connectivity index (χ1) is 9.56. The average molecular weight is 279 g/mol. The highest BCUT2D eigenvalue weighted by molar-refractivity contribution is 5.94. The van der Waals surface area contributed by atoms with E-state index in [4.69, 9.17) is 4.84 Å². The van der Waals surface area contributed by atoms with Crippen LogP contribution in [-0.2, 0) is 21.0 Å². The molecule has 3 N–H and O–H groups in total. The molecule has 1 aromatic rings. The van der Waals surface area contributed by atoms with Gasteiger partial charge in [-0.15, -0.1) is 0 Å². The van der Waals surface area contributed by atoms with Crippen molar-refractivity contribution in [3.8, 4) is 0 Å². The highest BCUT2D eigenvalue weighted by Crippen LogP contribution is 2.10.